The number of nitrogens with zero attached hydrogens (tertiary/aromatic N) is 2. The summed E-state index contributed by atoms with van der Waals surface area (Å²) in [5, 5.41) is 7.79. The van der Waals surface area contributed by atoms with Gasteiger partial charge in [-0.05, 0) is 73.2 Å². The molecule has 3 N–H and O–H groups in total. The van der Waals surface area contributed by atoms with Crippen LogP contribution in [-0.2, 0) is 16.6 Å². The van der Waals surface area contributed by atoms with Crippen LogP contribution < -0.4 is 35.7 Å². The molecular formula is C44H41N5O7S. The van der Waals surface area contributed by atoms with Crippen LogP contribution in [-0.4, -0.2) is 48.4 Å². The van der Waals surface area contributed by atoms with Crippen LogP contribution in [0.25, 0.3) is 11.8 Å². The van der Waals surface area contributed by atoms with Gasteiger partial charge in [0.2, 0.25) is 5.91 Å². The fourth-order valence-corrected chi connectivity index (χ4v) is 7.04. The summed E-state index contributed by atoms with van der Waals surface area (Å²) in [6.45, 7) is 1.78. The minimum atomic E-state index is -0.727. The van der Waals surface area contributed by atoms with Crippen LogP contribution >= 0.6 is 11.8 Å². The highest BCUT2D eigenvalue weighted by molar-refractivity contribution is 8.00. The van der Waals surface area contributed by atoms with Crippen LogP contribution in [0.4, 0.5) is 11.4 Å². The van der Waals surface area contributed by atoms with E-state index in [0.717, 1.165) is 10.5 Å². The van der Waals surface area contributed by atoms with Gasteiger partial charge in [0.05, 0.1) is 32.7 Å². The first-order valence-electron chi connectivity index (χ1n) is 17.8. The lowest BCUT2D eigenvalue weighted by Gasteiger charge is -2.17. The van der Waals surface area contributed by atoms with E-state index >= 15 is 0 Å². The molecule has 1 aromatic heterocycles. The van der Waals surface area contributed by atoms with Crippen molar-refractivity contribution in [3.8, 4) is 22.9 Å². The summed E-state index contributed by atoms with van der Waals surface area (Å²) in [5.41, 5.74) is 3.06. The van der Waals surface area contributed by atoms with Gasteiger partial charge in [0.15, 0.2) is 11.5 Å². The molecular weight excluding hydrogens is 743 g/mol. The topological polar surface area (TPSA) is 142 Å². The predicted molar refractivity (Wildman–Crippen MR) is 222 cm³/mol. The molecule has 1 unspecified atom stereocenters. The molecule has 0 aliphatic heterocycles. The first-order chi connectivity index (χ1) is 27.6. The Kier molecular flexibility index (Phi) is 12.6. The molecule has 0 saturated heterocycles. The number of hydrogen-bond acceptors (Lipinski definition) is 8. The smallest absolute Gasteiger partial charge is 0.295 e. The maximum atomic E-state index is 14.0. The molecule has 0 bridgehead atoms. The van der Waals surface area contributed by atoms with Crippen molar-refractivity contribution in [3.05, 3.63) is 166 Å². The minimum Gasteiger partial charge on any atom is -0.496 e. The fraction of sp³-hybridized carbons (Fsp3) is 0.136. The van der Waals surface area contributed by atoms with E-state index in [-0.39, 0.29) is 22.9 Å². The van der Waals surface area contributed by atoms with E-state index in [1.807, 2.05) is 60.7 Å². The van der Waals surface area contributed by atoms with E-state index in [4.69, 9.17) is 14.2 Å². The molecule has 0 aliphatic rings. The molecule has 0 aliphatic carbocycles. The average molecular weight is 784 g/mol. The maximum Gasteiger partial charge on any atom is 0.295 e. The normalized spacial score (nSPS) is 11.6. The summed E-state index contributed by atoms with van der Waals surface area (Å²) in [5.74, 6) is -0.246. The van der Waals surface area contributed by atoms with Crippen molar-refractivity contribution in [2.45, 2.75) is 17.1 Å². The van der Waals surface area contributed by atoms with Crippen LogP contribution in [0, 0.1) is 6.92 Å². The number of rotatable bonds is 14. The SMILES string of the molecule is COc1cc(OC)c(OC)cc1/C=C(\NC(=O)c1ccccc1)C(=O)Nc1ccc(SC(C(=O)Nc2c(C)n(C)n(-c3ccccc3)c2=O)c2ccccc2)cc1. The third kappa shape index (κ3) is 9.11. The minimum absolute atomic E-state index is 0.0591. The number of nitrogens with one attached hydrogen (secondary N) is 3. The highest BCUT2D eigenvalue weighted by Gasteiger charge is 2.26. The first-order valence-corrected chi connectivity index (χ1v) is 18.7. The molecule has 12 nitrogen and oxygen atoms in total. The van der Waals surface area contributed by atoms with Crippen molar-refractivity contribution >= 4 is 46.9 Å². The number of para-hydroxylation sites is 1. The Labute approximate surface area is 334 Å². The molecule has 0 saturated carbocycles. The Morgan fingerprint density at radius 3 is 1.91 bits per heavy atom. The van der Waals surface area contributed by atoms with Gasteiger partial charge in [-0.3, -0.25) is 23.9 Å². The summed E-state index contributed by atoms with van der Waals surface area (Å²) >= 11 is 1.30. The number of thioether (sulfide) groups is 1. The summed E-state index contributed by atoms with van der Waals surface area (Å²) in [6.07, 6.45) is 1.49. The third-order valence-electron chi connectivity index (χ3n) is 9.07. The number of aromatic nitrogens is 2. The van der Waals surface area contributed by atoms with Gasteiger partial charge in [-0.1, -0.05) is 66.7 Å². The van der Waals surface area contributed by atoms with Crippen LogP contribution in [0.15, 0.2) is 143 Å². The van der Waals surface area contributed by atoms with E-state index in [1.54, 1.807) is 85.4 Å². The zero-order valence-electron chi connectivity index (χ0n) is 31.9. The molecule has 1 atom stereocenters. The fourth-order valence-electron chi connectivity index (χ4n) is 6.02. The Hall–Kier alpha value is -6.99. The lowest BCUT2D eigenvalue weighted by Crippen LogP contribution is -2.30. The number of ether oxygens (including phenoxy) is 3. The summed E-state index contributed by atoms with van der Waals surface area (Å²) in [6, 6.07) is 37.3. The molecule has 5 aromatic carbocycles. The lowest BCUT2D eigenvalue weighted by atomic mass is 10.1. The highest BCUT2D eigenvalue weighted by Crippen LogP contribution is 2.38. The quantitative estimate of drug-likeness (QED) is 0.0768. The second-order valence-corrected chi connectivity index (χ2v) is 13.8. The second kappa shape index (κ2) is 18.1. The zero-order chi connectivity index (χ0) is 40.5. The van der Waals surface area contributed by atoms with Crippen LogP contribution in [0.5, 0.6) is 17.2 Å². The van der Waals surface area contributed by atoms with Gasteiger partial charge in [0.25, 0.3) is 17.4 Å². The molecule has 13 heteroatoms. The van der Waals surface area contributed by atoms with Gasteiger partial charge >= 0.3 is 0 Å². The van der Waals surface area contributed by atoms with Crippen molar-refractivity contribution in [2.75, 3.05) is 32.0 Å². The van der Waals surface area contributed by atoms with Crippen LogP contribution in [0.1, 0.15) is 32.4 Å². The largest absolute Gasteiger partial charge is 0.496 e. The average Bonchev–Trinajstić information content (AvgIpc) is 3.45. The molecule has 57 heavy (non-hydrogen) atoms. The predicted octanol–water partition coefficient (Wildman–Crippen LogP) is 7.39. The van der Waals surface area contributed by atoms with Crippen molar-refractivity contribution < 1.29 is 28.6 Å². The molecule has 0 spiro atoms. The Balaban J connectivity index is 1.25. The molecule has 3 amide bonds. The van der Waals surface area contributed by atoms with Crippen molar-refractivity contribution in [1.82, 2.24) is 14.7 Å². The number of carbonyl (C=O) groups excluding carboxylic acids is 3. The second-order valence-electron chi connectivity index (χ2n) is 12.6. The van der Waals surface area contributed by atoms with Gasteiger partial charge in [-0.25, -0.2) is 4.68 Å². The van der Waals surface area contributed by atoms with Crippen LogP contribution in [0.3, 0.4) is 0 Å². The number of hydrogen-bond donors (Lipinski definition) is 3. The van der Waals surface area contributed by atoms with Crippen molar-refractivity contribution in [2.24, 2.45) is 7.05 Å². The number of carbonyl (C=O) groups is 3. The van der Waals surface area contributed by atoms with Gasteiger partial charge < -0.3 is 30.2 Å². The first kappa shape index (κ1) is 39.7. The molecule has 6 aromatic rings. The van der Waals surface area contributed by atoms with Crippen molar-refractivity contribution in [3.63, 3.8) is 0 Å². The van der Waals surface area contributed by atoms with Gasteiger partial charge in [0, 0.05) is 34.8 Å². The van der Waals surface area contributed by atoms with E-state index in [1.165, 1.54) is 43.8 Å². The monoisotopic (exact) mass is 783 g/mol. The van der Waals surface area contributed by atoms with Gasteiger partial charge in [-0.15, -0.1) is 11.8 Å². The Morgan fingerprint density at radius 1 is 0.719 bits per heavy atom. The molecule has 1 heterocycles. The van der Waals surface area contributed by atoms with E-state index in [2.05, 4.69) is 16.0 Å². The third-order valence-corrected chi connectivity index (χ3v) is 10.3. The lowest BCUT2D eigenvalue weighted by molar-refractivity contribution is -0.116. The Morgan fingerprint density at radius 2 is 1.30 bits per heavy atom. The zero-order valence-corrected chi connectivity index (χ0v) is 32.8. The summed E-state index contributed by atoms with van der Waals surface area (Å²) in [7, 11) is 6.25. The highest BCUT2D eigenvalue weighted by atomic mass is 32.2. The molecule has 6 rings (SSSR count). The number of benzene rings is 5. The number of methoxy groups -OCH3 is 3. The van der Waals surface area contributed by atoms with Crippen molar-refractivity contribution in [1.29, 1.82) is 0 Å². The Bertz CT molecular complexity index is 2470. The van der Waals surface area contributed by atoms with E-state index in [0.29, 0.717) is 45.4 Å². The molecule has 0 fully saturated rings. The van der Waals surface area contributed by atoms with Gasteiger partial charge in [-0.2, -0.15) is 0 Å². The van der Waals surface area contributed by atoms with E-state index < -0.39 is 17.1 Å². The summed E-state index contributed by atoms with van der Waals surface area (Å²) in [4.78, 5) is 55.5. The van der Waals surface area contributed by atoms with E-state index in [9.17, 15) is 19.2 Å². The number of amides is 3. The molecule has 0 radical (unpaired) electrons. The molecule has 290 valence electrons. The number of anilines is 2. The van der Waals surface area contributed by atoms with Gasteiger partial charge in [0.1, 0.15) is 22.4 Å². The summed E-state index contributed by atoms with van der Waals surface area (Å²) < 4.78 is 19.7. The maximum absolute atomic E-state index is 14.0. The van der Waals surface area contributed by atoms with Crippen LogP contribution in [0.2, 0.25) is 0 Å². The standard InChI is InChI=1S/C44H41N5O7S/c1-28-39(44(53)49(48(28)2)33-19-13-8-14-20-33)47-43(52)40(29-15-9-6-10-16-29)57-34-23-21-32(22-24-34)45-42(51)35(46-41(50)30-17-11-7-12-18-30)25-31-26-37(55-4)38(56-5)27-36(31)54-3/h6-27,40H,1-5H3,(H,45,51)(H,46,50)(H,47,52)/b35-25-.